The van der Waals surface area contributed by atoms with Gasteiger partial charge < -0.3 is 9.79 Å². The van der Waals surface area contributed by atoms with Crippen LogP contribution in [0.1, 0.15) is 79.1 Å². The van der Waals surface area contributed by atoms with E-state index in [0.717, 1.165) is 11.8 Å². The van der Waals surface area contributed by atoms with Gasteiger partial charge in [-0.05, 0) is 0 Å². The molecule has 0 aromatic rings. The van der Waals surface area contributed by atoms with Crippen LogP contribution in [0.2, 0.25) is 9.62 Å². The van der Waals surface area contributed by atoms with E-state index in [1.165, 1.54) is 51.4 Å². The summed E-state index contributed by atoms with van der Waals surface area (Å²) < 4.78 is 35.9. The molecule has 31 heavy (non-hydrogen) atoms. The van der Waals surface area contributed by atoms with E-state index < -0.39 is 15.6 Å². The van der Waals surface area contributed by atoms with Crippen molar-refractivity contribution in [1.82, 2.24) is 0 Å². The van der Waals surface area contributed by atoms with Crippen molar-refractivity contribution in [2.24, 2.45) is 11.8 Å². The third-order valence-corrected chi connectivity index (χ3v) is 14.3. The minimum atomic E-state index is -3.87. The van der Waals surface area contributed by atoms with Gasteiger partial charge in [0, 0.05) is 0 Å². The van der Waals surface area contributed by atoms with E-state index in [4.69, 9.17) is 0 Å². The zero-order chi connectivity index (χ0) is 23.6. The molecule has 2 saturated heterocycles. The Kier molecular flexibility index (Phi) is 22.0. The summed E-state index contributed by atoms with van der Waals surface area (Å²) in [6.07, 6.45) is 11.5. The molecule has 0 aromatic heterocycles. The molecule has 0 bridgehead atoms. The van der Waals surface area contributed by atoms with Gasteiger partial charge in [-0.15, -0.1) is 0 Å². The molecule has 0 N–H and O–H groups in total. The Hall–Kier alpha value is 2.31. The monoisotopic (exact) mass is 642 g/mol. The molecule has 2 atom stereocenters. The Labute approximate surface area is 212 Å². The summed E-state index contributed by atoms with van der Waals surface area (Å²) in [5.41, 5.74) is 0. The average molecular weight is 641 g/mol. The molecule has 2 aliphatic heterocycles. The molecule has 186 valence electrons. The Bertz CT molecular complexity index is 474. The fraction of sp³-hybridized carbons (Fsp3) is 1.00. The molecular weight excluding hydrogens is 606 g/mol. The minimum Gasteiger partial charge on any atom is -0.755 e. The van der Waals surface area contributed by atoms with Crippen LogP contribution in [-0.4, -0.2) is 0 Å². The van der Waals surface area contributed by atoms with E-state index in [9.17, 15) is 18.9 Å². The number of phosphoric acid groups is 2. The van der Waals surface area contributed by atoms with Crippen LogP contribution in [0.15, 0.2) is 0 Å². The second-order valence-electron chi connectivity index (χ2n) is 6.84. The maximum Gasteiger partial charge on any atom is 0.292 e. The van der Waals surface area contributed by atoms with E-state index >= 15 is 0 Å². The fourth-order valence-corrected chi connectivity index (χ4v) is 12.2. The van der Waals surface area contributed by atoms with Gasteiger partial charge in [0.25, 0.3) is 15.6 Å². The summed E-state index contributed by atoms with van der Waals surface area (Å²) >= 11 is 3.12. The molecule has 0 aliphatic carbocycles. The van der Waals surface area contributed by atoms with Gasteiger partial charge in [-0.3, -0.25) is 9.13 Å². The van der Waals surface area contributed by atoms with E-state index in [0.29, 0.717) is 62.9 Å². The molecule has 2 unspecified atom stereocenters. The summed E-state index contributed by atoms with van der Waals surface area (Å²) in [6, 6.07) is 0. The fourth-order valence-electron chi connectivity index (χ4n) is 2.42. The van der Waals surface area contributed by atoms with Gasteiger partial charge in [-0.25, -0.2) is 15.9 Å². The van der Waals surface area contributed by atoms with Crippen molar-refractivity contribution in [3.8, 4) is 0 Å². The van der Waals surface area contributed by atoms with Crippen molar-refractivity contribution < 1.29 is 53.4 Å². The van der Waals surface area contributed by atoms with Gasteiger partial charge in [0.2, 0.25) is 0 Å². The van der Waals surface area contributed by atoms with Gasteiger partial charge in [0.05, 0.1) is 0 Å². The molecule has 0 aromatic carbocycles. The SMILES string of the molecule is CCCCC(CC)[CH2][Mo+2][CH2]C(CC)CCCC.O=P1([O-])OSSO1.O=P1([O-])OSSO1. The maximum absolute atomic E-state index is 9.97. The summed E-state index contributed by atoms with van der Waals surface area (Å²) in [6.45, 7) is 9.42. The minimum absolute atomic E-state index is 0.318. The first-order chi connectivity index (χ1) is 14.7. The van der Waals surface area contributed by atoms with Crippen LogP contribution in [0, 0.1) is 11.8 Å². The Morgan fingerprint density at radius 3 is 1.23 bits per heavy atom. The van der Waals surface area contributed by atoms with Crippen molar-refractivity contribution in [3.63, 3.8) is 0 Å². The van der Waals surface area contributed by atoms with Gasteiger partial charge in [-0.1, -0.05) is 0 Å². The predicted octanol–water partition coefficient (Wildman–Crippen LogP) is 7.76. The van der Waals surface area contributed by atoms with Crippen molar-refractivity contribution in [3.05, 3.63) is 0 Å². The molecule has 8 nitrogen and oxygen atoms in total. The smallest absolute Gasteiger partial charge is 0.292 e. The quantitative estimate of drug-likeness (QED) is 0.0898. The predicted molar refractivity (Wildman–Crippen MR) is 126 cm³/mol. The standard InChI is InChI=1S/2C8H17.Mo.2HO4PS2/c2*1-4-6-7-8(3)5-2;;2*1-5(2)3-6-7-4-5/h2*8H,3-7H2,1-2H3;;2*(H,1,2)/q;;+2;;/p-2. The Balaban J connectivity index is 0.000000518. The molecule has 15 heteroatoms. The molecule has 2 rings (SSSR count). The van der Waals surface area contributed by atoms with Crippen LogP contribution in [0.4, 0.5) is 0 Å². The molecule has 2 fully saturated rings. The average Bonchev–Trinajstić information content (AvgIpc) is 3.34. The summed E-state index contributed by atoms with van der Waals surface area (Å²) in [4.78, 5) is 23.2. The molecule has 2 aliphatic rings. The van der Waals surface area contributed by atoms with E-state index in [-0.39, 0.29) is 0 Å². The molecule has 0 spiro atoms. The molecule has 0 amide bonds. The second-order valence-corrected chi connectivity index (χ2v) is 15.8. The van der Waals surface area contributed by atoms with Gasteiger partial charge >= 0.3 is 119 Å². The van der Waals surface area contributed by atoms with Crippen molar-refractivity contribution in [2.75, 3.05) is 0 Å². The summed E-state index contributed by atoms with van der Waals surface area (Å²) in [7, 11) is -7.73. The molecule has 0 radical (unpaired) electrons. The molecule has 2 heterocycles. The Morgan fingerprint density at radius 2 is 1.03 bits per heavy atom. The van der Waals surface area contributed by atoms with Gasteiger partial charge in [0.15, 0.2) is 0 Å². The third-order valence-electron chi connectivity index (χ3n) is 4.34. The number of hydrogen-bond donors (Lipinski definition) is 0. The van der Waals surface area contributed by atoms with Crippen LogP contribution in [0.3, 0.4) is 0 Å². The normalized spacial score (nSPS) is 20.7. The first kappa shape index (κ1) is 33.3. The topological polar surface area (TPSA) is 117 Å². The van der Waals surface area contributed by atoms with E-state index in [1.54, 1.807) is 9.62 Å². The van der Waals surface area contributed by atoms with Crippen molar-refractivity contribution >= 4 is 59.9 Å². The van der Waals surface area contributed by atoms with E-state index in [2.05, 4.69) is 43.6 Å². The zero-order valence-corrected chi connectivity index (χ0v) is 25.5. The van der Waals surface area contributed by atoms with Crippen molar-refractivity contribution in [2.45, 2.75) is 88.7 Å². The number of hydrogen-bond acceptors (Lipinski definition) is 12. The third kappa shape index (κ3) is 20.2. The van der Waals surface area contributed by atoms with Crippen molar-refractivity contribution in [1.29, 1.82) is 0 Å². The second kappa shape index (κ2) is 20.5. The maximum atomic E-state index is 9.97. The van der Waals surface area contributed by atoms with Crippen LogP contribution in [0.25, 0.3) is 0 Å². The molecule has 0 saturated carbocycles. The molecular formula is C16H34MoO8P2S4. The number of unbranched alkanes of at least 4 members (excludes halogenated alkanes) is 2. The van der Waals surface area contributed by atoms with Gasteiger partial charge in [-0.2, -0.15) is 0 Å². The number of rotatable bonds is 12. The zero-order valence-electron chi connectivity index (χ0n) is 18.4. The van der Waals surface area contributed by atoms with Crippen LogP contribution >= 0.6 is 59.9 Å². The van der Waals surface area contributed by atoms with Crippen LogP contribution in [-0.2, 0) is 43.6 Å². The van der Waals surface area contributed by atoms with Gasteiger partial charge in [0.1, 0.15) is 44.3 Å². The largest absolute Gasteiger partial charge is 0.755 e. The Morgan fingerprint density at radius 1 is 0.710 bits per heavy atom. The van der Waals surface area contributed by atoms with Crippen LogP contribution in [0.5, 0.6) is 0 Å². The summed E-state index contributed by atoms with van der Waals surface area (Å²) in [5, 5.41) is 0. The van der Waals surface area contributed by atoms with Crippen LogP contribution < -0.4 is 9.79 Å². The first-order valence-electron chi connectivity index (χ1n) is 10.3. The van der Waals surface area contributed by atoms with E-state index in [1.807, 2.05) is 0 Å². The first-order valence-corrected chi connectivity index (χ1v) is 20.1. The summed E-state index contributed by atoms with van der Waals surface area (Å²) in [5.74, 6) is 2.14.